The van der Waals surface area contributed by atoms with Gasteiger partial charge in [-0.05, 0) is 43.5 Å². The predicted octanol–water partition coefficient (Wildman–Crippen LogP) is 1.60. The highest BCUT2D eigenvalue weighted by Crippen LogP contribution is 2.30. The second-order valence-corrected chi connectivity index (χ2v) is 7.62. The highest BCUT2D eigenvalue weighted by molar-refractivity contribution is 5.93. The number of nitriles is 1. The summed E-state index contributed by atoms with van der Waals surface area (Å²) in [6, 6.07) is 8.76. The molecule has 0 bridgehead atoms. The Morgan fingerprint density at radius 1 is 1.29 bits per heavy atom. The Hall–Kier alpha value is -3.87. The molecule has 10 heteroatoms. The third kappa shape index (κ3) is 4.66. The van der Waals surface area contributed by atoms with Crippen molar-refractivity contribution in [1.29, 1.82) is 5.26 Å². The lowest BCUT2D eigenvalue weighted by molar-refractivity contribution is -0.131. The van der Waals surface area contributed by atoms with E-state index in [-0.39, 0.29) is 18.4 Å². The molecule has 0 radical (unpaired) electrons. The summed E-state index contributed by atoms with van der Waals surface area (Å²) in [6.45, 7) is 2.01. The number of benzene rings is 1. The van der Waals surface area contributed by atoms with Gasteiger partial charge in [-0.15, -0.1) is 0 Å². The number of carbonyl (C=O) groups excluding carboxylic acids is 2. The molecule has 0 saturated carbocycles. The molecule has 4 rings (SSSR count). The van der Waals surface area contributed by atoms with E-state index in [9.17, 15) is 9.59 Å². The second-order valence-electron chi connectivity index (χ2n) is 7.62. The van der Waals surface area contributed by atoms with Crippen LogP contribution in [0.1, 0.15) is 35.2 Å². The summed E-state index contributed by atoms with van der Waals surface area (Å²) in [6.07, 6.45) is 2.51. The molecule has 31 heavy (non-hydrogen) atoms. The first-order valence-corrected chi connectivity index (χ1v) is 10.3. The average Bonchev–Trinajstić information content (AvgIpc) is 3.23. The number of nitrogens with two attached hydrogens (primary N) is 1. The van der Waals surface area contributed by atoms with Gasteiger partial charge >= 0.3 is 0 Å². The van der Waals surface area contributed by atoms with E-state index in [1.807, 2.05) is 6.07 Å². The summed E-state index contributed by atoms with van der Waals surface area (Å²) in [5, 5.41) is 18.7. The van der Waals surface area contributed by atoms with Gasteiger partial charge in [0.15, 0.2) is 0 Å². The number of aromatic nitrogens is 2. The minimum absolute atomic E-state index is 0.0543. The number of hydrogen-bond donors (Lipinski definition) is 4. The van der Waals surface area contributed by atoms with Gasteiger partial charge in [0.2, 0.25) is 17.8 Å². The SMILES string of the molecule is N#CCC(=O)N1CCCC(Nc2nc(Nc3ccc(C(N)=O)cc3)nc3c2CCN3)C1. The minimum Gasteiger partial charge on any atom is -0.369 e. The van der Waals surface area contributed by atoms with Crippen molar-refractivity contribution in [2.75, 3.05) is 35.6 Å². The maximum Gasteiger partial charge on any atom is 0.248 e. The Kier molecular flexibility index (Phi) is 5.84. The van der Waals surface area contributed by atoms with Crippen molar-refractivity contribution >= 4 is 35.1 Å². The van der Waals surface area contributed by atoms with Crippen molar-refractivity contribution in [3.05, 3.63) is 35.4 Å². The molecule has 1 aromatic heterocycles. The van der Waals surface area contributed by atoms with E-state index in [2.05, 4.69) is 25.9 Å². The number of nitrogens with zero attached hydrogens (tertiary/aromatic N) is 4. The van der Waals surface area contributed by atoms with Crippen LogP contribution in [-0.4, -0.2) is 52.4 Å². The highest BCUT2D eigenvalue weighted by Gasteiger charge is 2.26. The fourth-order valence-corrected chi connectivity index (χ4v) is 3.89. The smallest absolute Gasteiger partial charge is 0.248 e. The monoisotopic (exact) mass is 420 g/mol. The van der Waals surface area contributed by atoms with Gasteiger partial charge in [-0.25, -0.2) is 0 Å². The fourth-order valence-electron chi connectivity index (χ4n) is 3.89. The first-order chi connectivity index (χ1) is 15.0. The Bertz CT molecular complexity index is 1030. The van der Waals surface area contributed by atoms with E-state index in [0.29, 0.717) is 24.6 Å². The molecule has 2 aliphatic heterocycles. The second kappa shape index (κ2) is 8.87. The Labute approximate surface area is 179 Å². The van der Waals surface area contributed by atoms with Gasteiger partial charge in [0.1, 0.15) is 18.1 Å². The quantitative estimate of drug-likeness (QED) is 0.550. The number of primary amides is 1. The van der Waals surface area contributed by atoms with E-state index in [1.54, 1.807) is 29.2 Å². The molecule has 10 nitrogen and oxygen atoms in total. The molecular weight excluding hydrogens is 396 g/mol. The first kappa shape index (κ1) is 20.4. The van der Waals surface area contributed by atoms with Crippen LogP contribution in [-0.2, 0) is 11.2 Å². The normalized spacial score (nSPS) is 17.3. The van der Waals surface area contributed by atoms with Crippen molar-refractivity contribution < 1.29 is 9.59 Å². The number of hydrogen-bond acceptors (Lipinski definition) is 8. The molecule has 0 spiro atoms. The molecule has 2 aliphatic rings. The van der Waals surface area contributed by atoms with Gasteiger partial charge in [-0.3, -0.25) is 9.59 Å². The van der Waals surface area contributed by atoms with E-state index in [0.717, 1.165) is 48.7 Å². The summed E-state index contributed by atoms with van der Waals surface area (Å²) >= 11 is 0. The Morgan fingerprint density at radius 3 is 2.84 bits per heavy atom. The molecule has 2 aromatic rings. The maximum atomic E-state index is 12.1. The van der Waals surface area contributed by atoms with Gasteiger partial charge < -0.3 is 26.6 Å². The van der Waals surface area contributed by atoms with Crippen LogP contribution < -0.4 is 21.7 Å². The lowest BCUT2D eigenvalue weighted by Crippen LogP contribution is -2.45. The summed E-state index contributed by atoms with van der Waals surface area (Å²) < 4.78 is 0. The van der Waals surface area contributed by atoms with Crippen molar-refractivity contribution in [1.82, 2.24) is 14.9 Å². The van der Waals surface area contributed by atoms with Crippen LogP contribution in [0.3, 0.4) is 0 Å². The van der Waals surface area contributed by atoms with Gasteiger partial charge in [0, 0.05) is 42.5 Å². The molecule has 1 aromatic carbocycles. The van der Waals surface area contributed by atoms with Crippen molar-refractivity contribution in [3.63, 3.8) is 0 Å². The van der Waals surface area contributed by atoms with Crippen molar-refractivity contribution in [2.45, 2.75) is 31.7 Å². The lowest BCUT2D eigenvalue weighted by Gasteiger charge is -2.33. The van der Waals surface area contributed by atoms with E-state index in [1.165, 1.54) is 0 Å². The molecule has 1 atom stereocenters. The topological polar surface area (TPSA) is 149 Å². The molecule has 160 valence electrons. The number of carbonyl (C=O) groups is 2. The van der Waals surface area contributed by atoms with Crippen molar-refractivity contribution in [3.8, 4) is 6.07 Å². The molecular formula is C21H24N8O2. The summed E-state index contributed by atoms with van der Waals surface area (Å²) in [4.78, 5) is 34.3. The van der Waals surface area contributed by atoms with Gasteiger partial charge in [0.05, 0.1) is 6.07 Å². The zero-order valence-electron chi connectivity index (χ0n) is 17.0. The molecule has 1 fully saturated rings. The third-order valence-electron chi connectivity index (χ3n) is 5.45. The van der Waals surface area contributed by atoms with Crippen LogP contribution in [0.25, 0.3) is 0 Å². The van der Waals surface area contributed by atoms with Crippen LogP contribution in [0.5, 0.6) is 0 Å². The molecule has 3 heterocycles. The minimum atomic E-state index is -0.481. The van der Waals surface area contributed by atoms with Crippen LogP contribution in [0, 0.1) is 11.3 Å². The average molecular weight is 420 g/mol. The summed E-state index contributed by atoms with van der Waals surface area (Å²) in [5.41, 5.74) is 7.48. The predicted molar refractivity (Wildman–Crippen MR) is 116 cm³/mol. The van der Waals surface area contributed by atoms with Gasteiger partial charge in [-0.2, -0.15) is 15.2 Å². The number of fused-ring (bicyclic) bond motifs is 1. The summed E-state index contributed by atoms with van der Waals surface area (Å²) in [5.74, 6) is 1.33. The lowest BCUT2D eigenvalue weighted by atomic mass is 10.0. The Morgan fingerprint density at radius 2 is 2.10 bits per heavy atom. The molecule has 1 unspecified atom stereocenters. The number of likely N-dealkylation sites (tertiary alicyclic amines) is 1. The van der Waals surface area contributed by atoms with Crippen LogP contribution in [0.15, 0.2) is 24.3 Å². The molecule has 2 amide bonds. The Balaban J connectivity index is 1.51. The first-order valence-electron chi connectivity index (χ1n) is 10.3. The van der Waals surface area contributed by atoms with Crippen LogP contribution >= 0.6 is 0 Å². The fraction of sp³-hybridized carbons (Fsp3) is 0.381. The molecule has 5 N–H and O–H groups in total. The zero-order valence-corrected chi connectivity index (χ0v) is 17.0. The number of amides is 2. The van der Waals surface area contributed by atoms with Gasteiger partial charge in [-0.1, -0.05) is 0 Å². The van der Waals surface area contributed by atoms with Crippen LogP contribution in [0.2, 0.25) is 0 Å². The maximum absolute atomic E-state index is 12.1. The standard InChI is InChI=1S/C21H24N8O2/c22-9-7-17(30)29-11-1-2-15(12-29)25-20-16-8-10-24-19(16)27-21(28-20)26-14-5-3-13(4-6-14)18(23)31/h3-6,15H,1-2,7-8,10-12H2,(H2,23,31)(H3,24,25,26,27,28). The largest absolute Gasteiger partial charge is 0.369 e. The zero-order chi connectivity index (χ0) is 21.8. The molecule has 0 aliphatic carbocycles. The van der Waals surface area contributed by atoms with Gasteiger partial charge in [0.25, 0.3) is 0 Å². The van der Waals surface area contributed by atoms with E-state index >= 15 is 0 Å². The number of anilines is 4. The van der Waals surface area contributed by atoms with Crippen molar-refractivity contribution in [2.24, 2.45) is 5.73 Å². The molecule has 1 saturated heterocycles. The number of nitrogens with one attached hydrogen (secondary N) is 3. The van der Waals surface area contributed by atoms with E-state index < -0.39 is 5.91 Å². The third-order valence-corrected chi connectivity index (χ3v) is 5.45. The van der Waals surface area contributed by atoms with Crippen LogP contribution in [0.4, 0.5) is 23.3 Å². The number of piperidine rings is 1. The number of rotatable bonds is 6. The van der Waals surface area contributed by atoms with E-state index in [4.69, 9.17) is 11.0 Å². The highest BCUT2D eigenvalue weighted by atomic mass is 16.2. The summed E-state index contributed by atoms with van der Waals surface area (Å²) in [7, 11) is 0.